The molecule has 0 unspecified atom stereocenters. The Labute approximate surface area is 123 Å². The van der Waals surface area contributed by atoms with Crippen LogP contribution in [-0.2, 0) is 4.74 Å². The third-order valence-corrected chi connectivity index (χ3v) is 3.16. The van der Waals surface area contributed by atoms with Crippen LogP contribution in [-0.4, -0.2) is 34.7 Å². The van der Waals surface area contributed by atoms with Crippen molar-refractivity contribution in [1.82, 2.24) is 5.32 Å². The number of methoxy groups -OCH3 is 1. The maximum Gasteiger partial charge on any atom is 0.311 e. The number of nitrogens with zero attached hydrogens (tertiary/aromatic N) is 1. The van der Waals surface area contributed by atoms with Crippen molar-refractivity contribution in [3.63, 3.8) is 0 Å². The molecular formula is C14H20N2O5. The summed E-state index contributed by atoms with van der Waals surface area (Å²) in [5, 5.41) is 22.9. The Morgan fingerprint density at radius 1 is 1.52 bits per heavy atom. The third-order valence-electron chi connectivity index (χ3n) is 3.16. The van der Waals surface area contributed by atoms with E-state index in [-0.39, 0.29) is 17.2 Å². The summed E-state index contributed by atoms with van der Waals surface area (Å²) in [7, 11) is 1.60. The summed E-state index contributed by atoms with van der Waals surface area (Å²) in [6, 6.07) is 3.36. The van der Waals surface area contributed by atoms with Crippen LogP contribution in [0.25, 0.3) is 0 Å². The first kappa shape index (κ1) is 16.9. The van der Waals surface area contributed by atoms with E-state index in [1.165, 1.54) is 6.07 Å². The Bertz CT molecular complexity index is 542. The maximum atomic E-state index is 12.1. The lowest BCUT2D eigenvalue weighted by atomic mass is 9.99. The van der Waals surface area contributed by atoms with Crippen molar-refractivity contribution in [2.45, 2.75) is 38.8 Å². The zero-order chi connectivity index (χ0) is 16.2. The zero-order valence-corrected chi connectivity index (χ0v) is 12.5. The quantitative estimate of drug-likeness (QED) is 0.619. The molecule has 0 spiro atoms. The van der Waals surface area contributed by atoms with Gasteiger partial charge in [0.2, 0.25) is 0 Å². The SMILES string of the molecule is COC(C)(C)C[C@@H](C)NC(=O)c1ccc(O)c([N+](=O)[O-])c1. The number of benzene rings is 1. The minimum Gasteiger partial charge on any atom is -0.502 e. The van der Waals surface area contributed by atoms with Crippen molar-refractivity contribution in [2.75, 3.05) is 7.11 Å². The van der Waals surface area contributed by atoms with Gasteiger partial charge in [0.1, 0.15) is 0 Å². The number of hydrogen-bond acceptors (Lipinski definition) is 5. The van der Waals surface area contributed by atoms with Gasteiger partial charge in [0, 0.05) is 24.8 Å². The Kier molecular flexibility index (Phi) is 5.26. The van der Waals surface area contributed by atoms with Crippen LogP contribution in [0.1, 0.15) is 37.6 Å². The molecule has 0 aliphatic heterocycles. The molecule has 1 atom stereocenters. The van der Waals surface area contributed by atoms with Gasteiger partial charge in [-0.2, -0.15) is 0 Å². The number of phenols is 1. The molecule has 116 valence electrons. The largest absolute Gasteiger partial charge is 0.502 e. The summed E-state index contributed by atoms with van der Waals surface area (Å²) >= 11 is 0. The average Bonchev–Trinajstić information content (AvgIpc) is 2.37. The van der Waals surface area contributed by atoms with E-state index < -0.39 is 22.3 Å². The molecule has 2 N–H and O–H groups in total. The fraction of sp³-hybridized carbons (Fsp3) is 0.500. The molecule has 1 aromatic carbocycles. The second kappa shape index (κ2) is 6.53. The van der Waals surface area contributed by atoms with Gasteiger partial charge in [0.15, 0.2) is 5.75 Å². The predicted octanol–water partition coefficient (Wildman–Crippen LogP) is 2.23. The number of rotatable bonds is 6. The second-order valence-corrected chi connectivity index (χ2v) is 5.50. The highest BCUT2D eigenvalue weighted by molar-refractivity contribution is 5.95. The van der Waals surface area contributed by atoms with Crippen molar-refractivity contribution >= 4 is 11.6 Å². The van der Waals surface area contributed by atoms with Gasteiger partial charge < -0.3 is 15.2 Å². The number of aromatic hydroxyl groups is 1. The number of nitrogens with one attached hydrogen (secondary N) is 1. The van der Waals surface area contributed by atoms with Gasteiger partial charge in [-0.3, -0.25) is 14.9 Å². The van der Waals surface area contributed by atoms with Crippen LogP contribution in [0.4, 0.5) is 5.69 Å². The molecule has 1 rings (SSSR count). The van der Waals surface area contributed by atoms with Crippen molar-refractivity contribution < 1.29 is 19.6 Å². The van der Waals surface area contributed by atoms with Gasteiger partial charge >= 0.3 is 5.69 Å². The number of phenolic OH excluding ortho intramolecular Hbond substituents is 1. The first-order chi connectivity index (χ1) is 9.66. The fourth-order valence-corrected chi connectivity index (χ4v) is 1.99. The highest BCUT2D eigenvalue weighted by atomic mass is 16.6. The number of amides is 1. The van der Waals surface area contributed by atoms with Crippen LogP contribution < -0.4 is 5.32 Å². The molecule has 1 amide bonds. The Balaban J connectivity index is 2.81. The molecule has 0 saturated heterocycles. The van der Waals surface area contributed by atoms with Crippen LogP contribution in [0.5, 0.6) is 5.75 Å². The summed E-state index contributed by atoms with van der Waals surface area (Å²) in [5.74, 6) is -0.900. The lowest BCUT2D eigenvalue weighted by Crippen LogP contribution is -2.38. The maximum absolute atomic E-state index is 12.1. The van der Waals surface area contributed by atoms with Crippen LogP contribution in [0.15, 0.2) is 18.2 Å². The first-order valence-electron chi connectivity index (χ1n) is 6.49. The summed E-state index contributed by atoms with van der Waals surface area (Å²) < 4.78 is 5.29. The van der Waals surface area contributed by atoms with Crippen molar-refractivity contribution in [3.8, 4) is 5.75 Å². The van der Waals surface area contributed by atoms with E-state index in [0.29, 0.717) is 6.42 Å². The van der Waals surface area contributed by atoms with Gasteiger partial charge in [0.05, 0.1) is 10.5 Å². The lowest BCUT2D eigenvalue weighted by Gasteiger charge is -2.27. The van der Waals surface area contributed by atoms with Crippen molar-refractivity contribution in [2.24, 2.45) is 0 Å². The van der Waals surface area contributed by atoms with E-state index in [2.05, 4.69) is 5.32 Å². The van der Waals surface area contributed by atoms with Crippen LogP contribution in [0, 0.1) is 10.1 Å². The van der Waals surface area contributed by atoms with Gasteiger partial charge in [-0.15, -0.1) is 0 Å². The second-order valence-electron chi connectivity index (χ2n) is 5.50. The molecule has 7 heteroatoms. The molecule has 21 heavy (non-hydrogen) atoms. The van der Waals surface area contributed by atoms with Crippen LogP contribution in [0.3, 0.4) is 0 Å². The van der Waals surface area contributed by atoms with E-state index in [9.17, 15) is 20.0 Å². The standard InChI is InChI=1S/C14H20N2O5/c1-9(8-14(2,3)21-4)15-13(18)10-5-6-12(17)11(7-10)16(19)20/h5-7,9,17H,8H2,1-4H3,(H,15,18)/t9-/m1/s1. The summed E-state index contributed by atoms with van der Waals surface area (Å²) in [6.45, 7) is 5.63. The van der Waals surface area contributed by atoms with E-state index in [1.807, 2.05) is 20.8 Å². The minimum atomic E-state index is -0.733. The molecule has 1 aromatic rings. The van der Waals surface area contributed by atoms with E-state index in [4.69, 9.17) is 4.74 Å². The fourth-order valence-electron chi connectivity index (χ4n) is 1.99. The molecular weight excluding hydrogens is 276 g/mol. The monoisotopic (exact) mass is 296 g/mol. The van der Waals surface area contributed by atoms with Crippen LogP contribution in [0.2, 0.25) is 0 Å². The van der Waals surface area contributed by atoms with Crippen molar-refractivity contribution in [3.05, 3.63) is 33.9 Å². The molecule has 0 aliphatic rings. The van der Waals surface area contributed by atoms with Gasteiger partial charge in [0.25, 0.3) is 5.91 Å². The number of nitro benzene ring substituents is 1. The molecule has 0 bridgehead atoms. The number of nitro groups is 1. The summed E-state index contributed by atoms with van der Waals surface area (Å²) in [4.78, 5) is 22.1. The van der Waals surface area contributed by atoms with Gasteiger partial charge in [-0.1, -0.05) is 0 Å². The smallest absolute Gasteiger partial charge is 0.311 e. The molecule has 0 fully saturated rings. The molecule has 7 nitrogen and oxygen atoms in total. The Morgan fingerprint density at radius 2 is 2.14 bits per heavy atom. The molecule has 0 radical (unpaired) electrons. The topological polar surface area (TPSA) is 102 Å². The van der Waals surface area contributed by atoms with Crippen molar-refractivity contribution in [1.29, 1.82) is 0 Å². The number of hydrogen-bond donors (Lipinski definition) is 2. The van der Waals surface area contributed by atoms with E-state index >= 15 is 0 Å². The highest BCUT2D eigenvalue weighted by Crippen LogP contribution is 2.26. The third kappa shape index (κ3) is 4.71. The number of carbonyl (C=O) groups excluding carboxylic acids is 1. The highest BCUT2D eigenvalue weighted by Gasteiger charge is 2.22. The normalized spacial score (nSPS) is 12.8. The molecule has 0 saturated carbocycles. The number of carbonyl (C=O) groups is 1. The Morgan fingerprint density at radius 3 is 2.67 bits per heavy atom. The zero-order valence-electron chi connectivity index (χ0n) is 12.5. The van der Waals surface area contributed by atoms with Gasteiger partial charge in [-0.25, -0.2) is 0 Å². The summed E-state index contributed by atoms with van der Waals surface area (Å²) in [5.41, 5.74) is -0.748. The van der Waals surface area contributed by atoms with E-state index in [0.717, 1.165) is 12.1 Å². The molecule has 0 heterocycles. The summed E-state index contributed by atoms with van der Waals surface area (Å²) in [6.07, 6.45) is 0.593. The number of ether oxygens (including phenoxy) is 1. The molecule has 0 aromatic heterocycles. The predicted molar refractivity (Wildman–Crippen MR) is 77.4 cm³/mol. The van der Waals surface area contributed by atoms with E-state index in [1.54, 1.807) is 7.11 Å². The first-order valence-corrected chi connectivity index (χ1v) is 6.49. The van der Waals surface area contributed by atoms with Gasteiger partial charge in [-0.05, 0) is 39.3 Å². The Hall–Kier alpha value is -2.15. The molecule has 0 aliphatic carbocycles. The van der Waals surface area contributed by atoms with Crippen LogP contribution >= 0.6 is 0 Å². The lowest BCUT2D eigenvalue weighted by molar-refractivity contribution is -0.385. The minimum absolute atomic E-state index is 0.126. The average molecular weight is 296 g/mol.